The molecule has 96 valence electrons. The quantitative estimate of drug-likeness (QED) is 0.372. The summed E-state index contributed by atoms with van der Waals surface area (Å²) >= 11 is 3.87. The highest BCUT2D eigenvalue weighted by Gasteiger charge is 2.21. The Morgan fingerprint density at radius 3 is 2.89 bits per heavy atom. The molecule has 3 N–H and O–H groups in total. The van der Waals surface area contributed by atoms with Crippen LogP contribution in [0.25, 0.3) is 11.0 Å². The number of H-pyrrole nitrogens is 1. The number of aromatic amines is 1. The van der Waals surface area contributed by atoms with Crippen molar-refractivity contribution in [3.05, 3.63) is 34.1 Å². The normalized spacial score (nSPS) is 14.6. The molecule has 2 heterocycles. The van der Waals surface area contributed by atoms with Gasteiger partial charge in [-0.05, 0) is 6.07 Å². The zero-order chi connectivity index (χ0) is 13.3. The first-order valence-electron chi connectivity index (χ1n) is 5.13. The molecule has 2 aromatic heterocycles. The van der Waals surface area contributed by atoms with Gasteiger partial charge < -0.3 is 15.2 Å². The molecule has 0 radical (unpaired) electrons. The SMILES string of the molecule is O=[N+]([O-])c1c[nH]c2ncc(C(O)C(O)CS)cc12. The highest BCUT2D eigenvalue weighted by atomic mass is 32.1. The monoisotopic (exact) mass is 269 g/mol. The molecule has 2 aromatic rings. The molecule has 0 aliphatic rings. The smallest absolute Gasteiger partial charge is 0.296 e. The van der Waals surface area contributed by atoms with Crippen molar-refractivity contribution in [2.45, 2.75) is 12.2 Å². The maximum Gasteiger partial charge on any atom is 0.296 e. The average molecular weight is 269 g/mol. The van der Waals surface area contributed by atoms with Crippen LogP contribution in [0, 0.1) is 10.1 Å². The third-order valence-electron chi connectivity index (χ3n) is 2.62. The van der Waals surface area contributed by atoms with Gasteiger partial charge in [-0.1, -0.05) is 0 Å². The number of nitrogens with one attached hydrogen (secondary N) is 1. The number of nitro groups is 1. The molecule has 18 heavy (non-hydrogen) atoms. The Morgan fingerprint density at radius 2 is 2.28 bits per heavy atom. The van der Waals surface area contributed by atoms with Gasteiger partial charge in [-0.3, -0.25) is 10.1 Å². The fraction of sp³-hybridized carbons (Fsp3) is 0.300. The van der Waals surface area contributed by atoms with E-state index in [1.807, 2.05) is 0 Å². The highest BCUT2D eigenvalue weighted by molar-refractivity contribution is 7.80. The van der Waals surface area contributed by atoms with Gasteiger partial charge in [0.05, 0.1) is 22.6 Å². The number of nitrogens with zero attached hydrogens (tertiary/aromatic N) is 2. The van der Waals surface area contributed by atoms with Crippen molar-refractivity contribution in [3.8, 4) is 0 Å². The lowest BCUT2D eigenvalue weighted by molar-refractivity contribution is -0.383. The van der Waals surface area contributed by atoms with E-state index >= 15 is 0 Å². The Labute approximate surface area is 107 Å². The second-order valence-corrected chi connectivity index (χ2v) is 4.16. The molecular weight excluding hydrogens is 258 g/mol. The van der Waals surface area contributed by atoms with Crippen LogP contribution in [0.2, 0.25) is 0 Å². The molecule has 0 amide bonds. The van der Waals surface area contributed by atoms with Crippen molar-refractivity contribution in [2.75, 3.05) is 5.75 Å². The fourth-order valence-corrected chi connectivity index (χ4v) is 1.84. The van der Waals surface area contributed by atoms with Gasteiger partial charge in [0.25, 0.3) is 5.69 Å². The first-order chi connectivity index (χ1) is 8.54. The first-order valence-corrected chi connectivity index (χ1v) is 5.76. The van der Waals surface area contributed by atoms with Crippen LogP contribution in [0.1, 0.15) is 11.7 Å². The number of hydrogen-bond donors (Lipinski definition) is 4. The van der Waals surface area contributed by atoms with E-state index in [2.05, 4.69) is 22.6 Å². The van der Waals surface area contributed by atoms with Gasteiger partial charge >= 0.3 is 0 Å². The van der Waals surface area contributed by atoms with Crippen LogP contribution in [0.15, 0.2) is 18.5 Å². The zero-order valence-corrected chi connectivity index (χ0v) is 10.0. The molecule has 0 saturated carbocycles. The van der Waals surface area contributed by atoms with E-state index in [9.17, 15) is 20.3 Å². The van der Waals surface area contributed by atoms with Crippen molar-refractivity contribution < 1.29 is 15.1 Å². The topological polar surface area (TPSA) is 112 Å². The highest BCUT2D eigenvalue weighted by Crippen LogP contribution is 2.27. The predicted octanol–water partition coefficient (Wildman–Crippen LogP) is 0.795. The van der Waals surface area contributed by atoms with Crippen molar-refractivity contribution in [1.29, 1.82) is 0 Å². The predicted molar refractivity (Wildman–Crippen MR) is 67.6 cm³/mol. The summed E-state index contributed by atoms with van der Waals surface area (Å²) in [5.74, 6) is 0.0778. The summed E-state index contributed by atoms with van der Waals surface area (Å²) < 4.78 is 0. The van der Waals surface area contributed by atoms with Gasteiger partial charge in [0, 0.05) is 17.5 Å². The van der Waals surface area contributed by atoms with Gasteiger partial charge in [0.15, 0.2) is 0 Å². The van der Waals surface area contributed by atoms with Gasteiger partial charge in [0.1, 0.15) is 11.8 Å². The summed E-state index contributed by atoms with van der Waals surface area (Å²) in [6.45, 7) is 0. The van der Waals surface area contributed by atoms with E-state index in [1.54, 1.807) is 0 Å². The van der Waals surface area contributed by atoms with E-state index in [0.29, 0.717) is 16.6 Å². The molecule has 0 spiro atoms. The zero-order valence-electron chi connectivity index (χ0n) is 9.15. The van der Waals surface area contributed by atoms with Gasteiger partial charge in [0.2, 0.25) is 0 Å². The van der Waals surface area contributed by atoms with Gasteiger partial charge in [-0.25, -0.2) is 4.98 Å². The van der Waals surface area contributed by atoms with E-state index < -0.39 is 17.1 Å². The number of hydrogen-bond acceptors (Lipinski definition) is 6. The van der Waals surface area contributed by atoms with E-state index in [-0.39, 0.29) is 11.4 Å². The summed E-state index contributed by atoms with van der Waals surface area (Å²) in [6.07, 6.45) is 0.377. The maximum absolute atomic E-state index is 10.8. The Hall–Kier alpha value is -1.64. The molecule has 0 aromatic carbocycles. The molecule has 0 bridgehead atoms. The third-order valence-corrected chi connectivity index (χ3v) is 2.99. The van der Waals surface area contributed by atoms with Crippen LogP contribution in [0.3, 0.4) is 0 Å². The lowest BCUT2D eigenvalue weighted by Gasteiger charge is -2.15. The number of aliphatic hydroxyl groups is 2. The van der Waals surface area contributed by atoms with Crippen LogP contribution in [-0.4, -0.2) is 37.0 Å². The summed E-state index contributed by atoms with van der Waals surface area (Å²) in [5.41, 5.74) is 0.552. The second-order valence-electron chi connectivity index (χ2n) is 3.79. The Balaban J connectivity index is 2.48. The molecule has 7 nitrogen and oxygen atoms in total. The first kappa shape index (κ1) is 12.8. The number of thiol groups is 1. The molecule has 2 unspecified atom stereocenters. The minimum atomic E-state index is -1.17. The van der Waals surface area contributed by atoms with Crippen molar-refractivity contribution >= 4 is 29.3 Å². The minimum Gasteiger partial charge on any atom is -0.389 e. The molecular formula is C10H11N3O4S. The van der Waals surface area contributed by atoms with E-state index in [1.165, 1.54) is 18.5 Å². The van der Waals surface area contributed by atoms with Gasteiger partial charge in [-0.2, -0.15) is 12.6 Å². The van der Waals surface area contributed by atoms with Crippen LogP contribution < -0.4 is 0 Å². The minimum absolute atomic E-state index is 0.0778. The van der Waals surface area contributed by atoms with E-state index in [4.69, 9.17) is 0 Å². The summed E-state index contributed by atoms with van der Waals surface area (Å²) in [7, 11) is 0. The maximum atomic E-state index is 10.8. The molecule has 2 atom stereocenters. The molecule has 0 saturated heterocycles. The van der Waals surface area contributed by atoms with Crippen molar-refractivity contribution in [1.82, 2.24) is 9.97 Å². The standard InChI is InChI=1S/C10H11N3O4S/c14-8(4-18)9(15)5-1-6-7(13(16)17)3-12-10(6)11-2-5/h1-3,8-9,14-15,18H,4H2,(H,11,12). The molecule has 2 rings (SSSR count). The number of pyridine rings is 1. The third kappa shape index (κ3) is 2.17. The van der Waals surface area contributed by atoms with Crippen LogP contribution >= 0.6 is 12.6 Å². The number of rotatable bonds is 4. The molecule has 0 aliphatic heterocycles. The van der Waals surface area contributed by atoms with Crippen molar-refractivity contribution in [2.24, 2.45) is 0 Å². The lowest BCUT2D eigenvalue weighted by Crippen LogP contribution is -2.19. The summed E-state index contributed by atoms with van der Waals surface area (Å²) in [4.78, 5) is 16.9. The number of aliphatic hydroxyl groups excluding tert-OH is 2. The fourth-order valence-electron chi connectivity index (χ4n) is 1.64. The van der Waals surface area contributed by atoms with Gasteiger partial charge in [-0.15, -0.1) is 0 Å². The molecule has 0 aliphatic carbocycles. The lowest BCUT2D eigenvalue weighted by atomic mass is 10.1. The summed E-state index contributed by atoms with van der Waals surface area (Å²) in [6, 6.07) is 1.44. The Morgan fingerprint density at radius 1 is 1.56 bits per heavy atom. The van der Waals surface area contributed by atoms with Crippen LogP contribution in [0.5, 0.6) is 0 Å². The molecule has 0 fully saturated rings. The second kappa shape index (κ2) is 4.92. The summed E-state index contributed by atoms with van der Waals surface area (Å²) in [5, 5.41) is 30.4. The molecule has 8 heteroatoms. The van der Waals surface area contributed by atoms with Crippen LogP contribution in [0.4, 0.5) is 5.69 Å². The largest absolute Gasteiger partial charge is 0.389 e. The number of aromatic nitrogens is 2. The average Bonchev–Trinajstić information content (AvgIpc) is 2.79. The Kier molecular flexibility index (Phi) is 3.50. The van der Waals surface area contributed by atoms with E-state index in [0.717, 1.165) is 0 Å². The van der Waals surface area contributed by atoms with Crippen molar-refractivity contribution in [3.63, 3.8) is 0 Å². The Bertz CT molecular complexity index is 586. The van der Waals surface area contributed by atoms with Crippen LogP contribution in [-0.2, 0) is 0 Å². The number of fused-ring (bicyclic) bond motifs is 1.